The molecule has 0 aromatic rings. The first-order valence-corrected chi connectivity index (χ1v) is 5.82. The molecule has 0 aromatic heterocycles. The second-order valence-electron chi connectivity index (χ2n) is 6.10. The van der Waals surface area contributed by atoms with E-state index in [1.54, 1.807) is 0 Å². The fourth-order valence-corrected chi connectivity index (χ4v) is 2.05. The van der Waals surface area contributed by atoms with Gasteiger partial charge in [0.25, 0.3) is 0 Å². The molecule has 0 bridgehead atoms. The van der Waals surface area contributed by atoms with Crippen LogP contribution < -0.4 is 11.1 Å². The minimum atomic E-state index is -0.421. The van der Waals surface area contributed by atoms with Crippen LogP contribution in [0, 0.1) is 5.41 Å². The largest absolute Gasteiger partial charge is 0.350 e. The predicted octanol–water partition coefficient (Wildman–Crippen LogP) is 1.81. The normalized spacial score (nSPS) is 22.5. The molecule has 1 aliphatic carbocycles. The van der Waals surface area contributed by atoms with Gasteiger partial charge < -0.3 is 11.1 Å². The number of amides is 1. The Balaban J connectivity index is 2.55. The summed E-state index contributed by atoms with van der Waals surface area (Å²) in [4.78, 5) is 11.9. The van der Waals surface area contributed by atoms with Gasteiger partial charge in [0, 0.05) is 5.54 Å². The van der Waals surface area contributed by atoms with E-state index in [1.165, 1.54) is 12.8 Å². The van der Waals surface area contributed by atoms with Crippen molar-refractivity contribution in [3.63, 3.8) is 0 Å². The van der Waals surface area contributed by atoms with Crippen LogP contribution in [0.25, 0.3) is 0 Å². The molecule has 88 valence electrons. The van der Waals surface area contributed by atoms with E-state index in [2.05, 4.69) is 12.2 Å². The first kappa shape index (κ1) is 12.5. The van der Waals surface area contributed by atoms with Crippen LogP contribution in [-0.2, 0) is 4.79 Å². The highest BCUT2D eigenvalue weighted by Gasteiger charge is 2.34. The van der Waals surface area contributed by atoms with E-state index < -0.39 is 6.04 Å². The quantitative estimate of drug-likeness (QED) is 0.733. The Hall–Kier alpha value is -0.570. The summed E-state index contributed by atoms with van der Waals surface area (Å²) in [6, 6.07) is -0.421. The van der Waals surface area contributed by atoms with Gasteiger partial charge in [-0.3, -0.25) is 4.79 Å². The van der Waals surface area contributed by atoms with Crippen molar-refractivity contribution in [1.82, 2.24) is 5.32 Å². The standard InChI is InChI=1S/C12H24N2O/c1-11(2,3)9(13)10(15)14-12(4)7-5-6-8-12/h9H,5-8,13H2,1-4H3,(H,14,15)/t9-/m1/s1. The fourth-order valence-electron chi connectivity index (χ4n) is 2.05. The number of carbonyl (C=O) groups excluding carboxylic acids is 1. The van der Waals surface area contributed by atoms with Crippen molar-refractivity contribution >= 4 is 5.91 Å². The van der Waals surface area contributed by atoms with Crippen LogP contribution in [0.2, 0.25) is 0 Å². The molecule has 1 aliphatic rings. The minimum absolute atomic E-state index is 0.00750. The molecule has 1 rings (SSSR count). The first-order chi connectivity index (χ1) is 6.75. The van der Waals surface area contributed by atoms with Gasteiger partial charge in [0.2, 0.25) is 5.91 Å². The molecule has 1 atom stereocenters. The van der Waals surface area contributed by atoms with Gasteiger partial charge >= 0.3 is 0 Å². The molecular formula is C12H24N2O. The summed E-state index contributed by atoms with van der Waals surface area (Å²) in [6.45, 7) is 8.10. The molecule has 0 spiro atoms. The average molecular weight is 212 g/mol. The van der Waals surface area contributed by atoms with Gasteiger partial charge in [-0.2, -0.15) is 0 Å². The number of carbonyl (C=O) groups is 1. The van der Waals surface area contributed by atoms with Crippen molar-refractivity contribution in [1.29, 1.82) is 0 Å². The van der Waals surface area contributed by atoms with E-state index in [-0.39, 0.29) is 16.9 Å². The Morgan fingerprint density at radius 2 is 1.80 bits per heavy atom. The summed E-state index contributed by atoms with van der Waals surface area (Å²) in [5.41, 5.74) is 5.74. The molecule has 15 heavy (non-hydrogen) atoms. The SMILES string of the molecule is CC1(NC(=O)[C@@H](N)C(C)(C)C)CCCC1. The number of nitrogens with two attached hydrogens (primary N) is 1. The van der Waals surface area contributed by atoms with E-state index in [9.17, 15) is 4.79 Å². The van der Waals surface area contributed by atoms with Gasteiger partial charge in [-0.25, -0.2) is 0 Å². The highest BCUT2D eigenvalue weighted by molar-refractivity contribution is 5.83. The number of nitrogens with one attached hydrogen (secondary N) is 1. The maximum absolute atomic E-state index is 11.9. The maximum Gasteiger partial charge on any atom is 0.237 e. The molecule has 0 heterocycles. The lowest BCUT2D eigenvalue weighted by atomic mass is 9.86. The van der Waals surface area contributed by atoms with Crippen molar-refractivity contribution in [2.75, 3.05) is 0 Å². The zero-order chi connectivity index (χ0) is 11.7. The second kappa shape index (κ2) is 4.12. The van der Waals surface area contributed by atoms with Gasteiger partial charge in [-0.05, 0) is 25.2 Å². The molecular weight excluding hydrogens is 188 g/mol. The zero-order valence-corrected chi connectivity index (χ0v) is 10.4. The third kappa shape index (κ3) is 3.20. The van der Waals surface area contributed by atoms with Crippen molar-refractivity contribution in [2.45, 2.75) is 65.0 Å². The maximum atomic E-state index is 11.9. The van der Waals surface area contributed by atoms with Crippen molar-refractivity contribution in [3.8, 4) is 0 Å². The predicted molar refractivity (Wildman–Crippen MR) is 62.4 cm³/mol. The molecule has 1 amide bonds. The Kier molecular flexibility index (Phi) is 3.44. The molecule has 0 aliphatic heterocycles. The van der Waals surface area contributed by atoms with Crippen molar-refractivity contribution in [2.24, 2.45) is 11.1 Å². The van der Waals surface area contributed by atoms with Crippen LogP contribution in [0.5, 0.6) is 0 Å². The number of hydrogen-bond donors (Lipinski definition) is 2. The Labute approximate surface area is 92.8 Å². The van der Waals surface area contributed by atoms with Crippen LogP contribution in [0.1, 0.15) is 53.4 Å². The van der Waals surface area contributed by atoms with Gasteiger partial charge in [-0.15, -0.1) is 0 Å². The summed E-state index contributed by atoms with van der Waals surface area (Å²) in [5, 5.41) is 3.10. The molecule has 3 heteroatoms. The lowest BCUT2D eigenvalue weighted by Gasteiger charge is -2.31. The smallest absolute Gasteiger partial charge is 0.237 e. The van der Waals surface area contributed by atoms with Crippen molar-refractivity contribution in [3.05, 3.63) is 0 Å². The zero-order valence-electron chi connectivity index (χ0n) is 10.4. The third-order valence-electron chi connectivity index (χ3n) is 3.35. The van der Waals surface area contributed by atoms with Crippen LogP contribution >= 0.6 is 0 Å². The van der Waals surface area contributed by atoms with Crippen LogP contribution in [-0.4, -0.2) is 17.5 Å². The van der Waals surface area contributed by atoms with E-state index >= 15 is 0 Å². The van der Waals surface area contributed by atoms with Crippen molar-refractivity contribution < 1.29 is 4.79 Å². The molecule has 1 fully saturated rings. The summed E-state index contributed by atoms with van der Waals surface area (Å²) in [6.07, 6.45) is 4.58. The highest BCUT2D eigenvalue weighted by atomic mass is 16.2. The van der Waals surface area contributed by atoms with Gasteiger partial charge in [0.1, 0.15) is 0 Å². The van der Waals surface area contributed by atoms with E-state index in [0.29, 0.717) is 0 Å². The molecule has 1 saturated carbocycles. The molecule has 3 N–H and O–H groups in total. The van der Waals surface area contributed by atoms with Crippen LogP contribution in [0.3, 0.4) is 0 Å². The molecule has 0 unspecified atom stereocenters. The Morgan fingerprint density at radius 3 is 2.20 bits per heavy atom. The van der Waals surface area contributed by atoms with E-state index in [1.807, 2.05) is 20.8 Å². The Bertz CT molecular complexity index is 236. The van der Waals surface area contributed by atoms with E-state index in [0.717, 1.165) is 12.8 Å². The summed E-state index contributed by atoms with van der Waals surface area (Å²) >= 11 is 0. The lowest BCUT2D eigenvalue weighted by Crippen LogP contribution is -2.54. The summed E-state index contributed by atoms with van der Waals surface area (Å²) in [7, 11) is 0. The lowest BCUT2D eigenvalue weighted by molar-refractivity contribution is -0.126. The highest BCUT2D eigenvalue weighted by Crippen LogP contribution is 2.29. The molecule has 0 saturated heterocycles. The fraction of sp³-hybridized carbons (Fsp3) is 0.917. The van der Waals surface area contributed by atoms with Gasteiger partial charge in [0.05, 0.1) is 6.04 Å². The monoisotopic (exact) mass is 212 g/mol. The second-order valence-corrected chi connectivity index (χ2v) is 6.10. The van der Waals surface area contributed by atoms with Gasteiger partial charge in [-0.1, -0.05) is 33.6 Å². The van der Waals surface area contributed by atoms with Gasteiger partial charge in [0.15, 0.2) is 0 Å². The molecule has 0 aromatic carbocycles. The summed E-state index contributed by atoms with van der Waals surface area (Å²) < 4.78 is 0. The minimum Gasteiger partial charge on any atom is -0.350 e. The first-order valence-electron chi connectivity index (χ1n) is 5.82. The Morgan fingerprint density at radius 1 is 1.33 bits per heavy atom. The summed E-state index contributed by atoms with van der Waals surface area (Å²) in [5.74, 6) is -0.00750. The number of hydrogen-bond acceptors (Lipinski definition) is 2. The topological polar surface area (TPSA) is 55.1 Å². The molecule has 3 nitrogen and oxygen atoms in total. The third-order valence-corrected chi connectivity index (χ3v) is 3.35. The average Bonchev–Trinajstić information content (AvgIpc) is 2.48. The van der Waals surface area contributed by atoms with Crippen LogP contribution in [0.4, 0.5) is 0 Å². The van der Waals surface area contributed by atoms with E-state index in [4.69, 9.17) is 5.73 Å². The van der Waals surface area contributed by atoms with Crippen LogP contribution in [0.15, 0.2) is 0 Å². The number of rotatable bonds is 2. The molecule has 0 radical (unpaired) electrons.